The Hall–Kier alpha value is -2.83. The zero-order valence-electron chi connectivity index (χ0n) is 18.7. The number of amides is 1. The lowest BCUT2D eigenvalue weighted by molar-refractivity contribution is 0.102. The first kappa shape index (κ1) is 21.4. The van der Waals surface area contributed by atoms with Crippen LogP contribution in [0.4, 0.5) is 11.4 Å². The minimum absolute atomic E-state index is 0.132. The van der Waals surface area contributed by atoms with Crippen molar-refractivity contribution < 1.29 is 4.79 Å². The zero-order valence-corrected chi connectivity index (χ0v) is 18.7. The van der Waals surface area contributed by atoms with Gasteiger partial charge in [-0.05, 0) is 81.1 Å². The van der Waals surface area contributed by atoms with E-state index in [0.29, 0.717) is 28.9 Å². The second-order valence-corrected chi connectivity index (χ2v) is 8.73. The van der Waals surface area contributed by atoms with Crippen LogP contribution < -0.4 is 16.5 Å². The molecule has 31 heavy (non-hydrogen) atoms. The van der Waals surface area contributed by atoms with Crippen molar-refractivity contribution in [3.05, 3.63) is 70.9 Å². The fourth-order valence-corrected chi connectivity index (χ4v) is 4.62. The number of anilines is 2. The summed E-state index contributed by atoms with van der Waals surface area (Å²) in [5, 5.41) is 5.03. The lowest BCUT2D eigenvalue weighted by atomic mass is 9.88. The number of rotatable bonds is 5. The van der Waals surface area contributed by atoms with Gasteiger partial charge < -0.3 is 16.1 Å². The van der Waals surface area contributed by atoms with Crippen LogP contribution in [-0.4, -0.2) is 48.5 Å². The van der Waals surface area contributed by atoms with E-state index in [0.717, 1.165) is 32.5 Å². The Kier molecular flexibility index (Phi) is 6.30. The van der Waals surface area contributed by atoms with E-state index in [1.54, 1.807) is 6.07 Å². The average Bonchev–Trinajstić information content (AvgIpc) is 3.02. The smallest absolute Gasteiger partial charge is 0.255 e. The van der Waals surface area contributed by atoms with E-state index in [2.05, 4.69) is 53.7 Å². The van der Waals surface area contributed by atoms with Gasteiger partial charge in [-0.2, -0.15) is 0 Å². The molecule has 1 saturated heterocycles. The molecule has 0 aliphatic carbocycles. The first-order chi connectivity index (χ1) is 14.9. The molecule has 4 N–H and O–H groups in total. The van der Waals surface area contributed by atoms with Crippen LogP contribution in [-0.2, 0) is 0 Å². The number of piperidine rings is 1. The largest absolute Gasteiger partial charge is 0.397 e. The summed E-state index contributed by atoms with van der Waals surface area (Å²) in [6.07, 6.45) is 2.30. The van der Waals surface area contributed by atoms with Crippen molar-refractivity contribution in [2.24, 2.45) is 0 Å². The van der Waals surface area contributed by atoms with Crippen molar-refractivity contribution in [1.29, 1.82) is 0 Å². The fraction of sp³-hybridized carbons (Fsp3) is 0.400. The molecule has 6 heteroatoms. The summed E-state index contributed by atoms with van der Waals surface area (Å²) in [5.41, 5.74) is 15.4. The highest BCUT2D eigenvalue weighted by Crippen LogP contribution is 2.30. The molecule has 2 aliphatic rings. The molecule has 164 valence electrons. The maximum Gasteiger partial charge on any atom is 0.255 e. The van der Waals surface area contributed by atoms with Crippen LogP contribution in [0.25, 0.3) is 0 Å². The Morgan fingerprint density at radius 3 is 2.42 bits per heavy atom. The number of nitrogens with one attached hydrogen (secondary N) is 2. The van der Waals surface area contributed by atoms with Gasteiger partial charge in [0.05, 0.1) is 11.4 Å². The van der Waals surface area contributed by atoms with Gasteiger partial charge >= 0.3 is 0 Å². The topological polar surface area (TPSA) is 73.6 Å². The summed E-state index contributed by atoms with van der Waals surface area (Å²) < 4.78 is 0. The van der Waals surface area contributed by atoms with Crippen molar-refractivity contribution >= 4 is 17.3 Å². The van der Waals surface area contributed by atoms with Gasteiger partial charge in [0.1, 0.15) is 0 Å². The summed E-state index contributed by atoms with van der Waals surface area (Å²) >= 11 is 0. The Morgan fingerprint density at radius 2 is 1.81 bits per heavy atom. The highest BCUT2D eigenvalue weighted by molar-refractivity contribution is 6.05. The highest BCUT2D eigenvalue weighted by atomic mass is 16.1. The number of benzene rings is 2. The van der Waals surface area contributed by atoms with E-state index in [4.69, 9.17) is 5.73 Å². The normalized spacial score (nSPS) is 20.4. The third-order valence-corrected chi connectivity index (χ3v) is 6.71. The quantitative estimate of drug-likeness (QED) is 0.643. The zero-order chi connectivity index (χ0) is 22.0. The summed E-state index contributed by atoms with van der Waals surface area (Å²) in [6.45, 7) is 7.68. The lowest BCUT2D eigenvalue weighted by Crippen LogP contribution is -2.37. The van der Waals surface area contributed by atoms with Gasteiger partial charge in [0, 0.05) is 30.9 Å². The monoisotopic (exact) mass is 419 g/mol. The van der Waals surface area contributed by atoms with Crippen molar-refractivity contribution in [2.75, 3.05) is 37.7 Å². The molecule has 0 radical (unpaired) electrons. The van der Waals surface area contributed by atoms with Gasteiger partial charge in [0.2, 0.25) is 0 Å². The highest BCUT2D eigenvalue weighted by Gasteiger charge is 2.27. The van der Waals surface area contributed by atoms with Crippen LogP contribution >= 0.6 is 0 Å². The van der Waals surface area contributed by atoms with Crippen LogP contribution in [0.3, 0.4) is 0 Å². The van der Waals surface area contributed by atoms with Gasteiger partial charge in [-0.25, -0.2) is 5.43 Å². The van der Waals surface area contributed by atoms with Gasteiger partial charge in [0.25, 0.3) is 5.91 Å². The Bertz CT molecular complexity index is 960. The summed E-state index contributed by atoms with van der Waals surface area (Å²) in [6, 6.07) is 15.8. The predicted molar refractivity (Wildman–Crippen MR) is 127 cm³/mol. The lowest BCUT2D eigenvalue weighted by Gasteiger charge is -2.33. The Balaban J connectivity index is 1.32. The van der Waals surface area contributed by atoms with E-state index < -0.39 is 0 Å². The first-order valence-corrected chi connectivity index (χ1v) is 11.1. The van der Waals surface area contributed by atoms with Gasteiger partial charge in [0.15, 0.2) is 0 Å². The van der Waals surface area contributed by atoms with Crippen LogP contribution in [0.15, 0.2) is 59.8 Å². The van der Waals surface area contributed by atoms with E-state index >= 15 is 0 Å². The third-order valence-electron chi connectivity index (χ3n) is 6.71. The number of hydrogen-bond acceptors (Lipinski definition) is 5. The van der Waals surface area contributed by atoms with Gasteiger partial charge in [-0.3, -0.25) is 9.69 Å². The van der Waals surface area contributed by atoms with E-state index in [9.17, 15) is 4.79 Å². The number of hydrazine groups is 1. The Labute approximate surface area is 185 Å². The number of carbonyl (C=O) groups is 1. The maximum atomic E-state index is 12.6. The minimum Gasteiger partial charge on any atom is -0.397 e. The van der Waals surface area contributed by atoms with Crippen molar-refractivity contribution in [2.45, 2.75) is 38.6 Å². The summed E-state index contributed by atoms with van der Waals surface area (Å²) in [7, 11) is 2.09. The molecule has 6 nitrogen and oxygen atoms in total. The fourth-order valence-electron chi connectivity index (χ4n) is 4.62. The molecule has 2 aliphatic heterocycles. The molecule has 1 amide bonds. The molecule has 1 unspecified atom stereocenters. The van der Waals surface area contributed by atoms with Crippen molar-refractivity contribution in [3.63, 3.8) is 0 Å². The molecule has 0 aromatic heterocycles. The van der Waals surface area contributed by atoms with Gasteiger partial charge in [-0.1, -0.05) is 24.3 Å². The molecular formula is C25H33N5O. The second kappa shape index (κ2) is 9.12. The summed E-state index contributed by atoms with van der Waals surface area (Å²) in [4.78, 5) is 15.1. The average molecular weight is 420 g/mol. The van der Waals surface area contributed by atoms with Crippen molar-refractivity contribution in [3.8, 4) is 0 Å². The number of hydrogen-bond donors (Lipinski definition) is 3. The molecule has 0 bridgehead atoms. The van der Waals surface area contributed by atoms with E-state index in [-0.39, 0.29) is 5.91 Å². The first-order valence-electron chi connectivity index (χ1n) is 11.1. The third kappa shape index (κ3) is 4.75. The van der Waals surface area contributed by atoms with E-state index in [1.807, 2.05) is 30.3 Å². The van der Waals surface area contributed by atoms with Crippen LogP contribution in [0.5, 0.6) is 0 Å². The number of carbonyl (C=O) groups excluding carboxylic acids is 1. The van der Waals surface area contributed by atoms with E-state index in [1.165, 1.54) is 16.8 Å². The molecule has 1 atom stereocenters. The Morgan fingerprint density at radius 1 is 1.13 bits per heavy atom. The molecular weight excluding hydrogens is 386 g/mol. The second-order valence-electron chi connectivity index (χ2n) is 8.73. The molecule has 4 rings (SSSR count). The minimum atomic E-state index is -0.132. The van der Waals surface area contributed by atoms with Crippen molar-refractivity contribution in [1.82, 2.24) is 15.3 Å². The number of nitrogens with two attached hydrogens (primary N) is 1. The summed E-state index contributed by atoms with van der Waals surface area (Å²) in [5.74, 6) is 0.419. The van der Waals surface area contributed by atoms with Crippen LogP contribution in [0.1, 0.15) is 48.5 Å². The number of nitrogen functional groups attached to an aromatic ring is 1. The number of para-hydroxylation sites is 2. The van der Waals surface area contributed by atoms with Crippen LogP contribution in [0.2, 0.25) is 0 Å². The van der Waals surface area contributed by atoms with Gasteiger partial charge in [-0.15, -0.1) is 0 Å². The molecule has 2 heterocycles. The number of allylic oxidation sites excluding steroid dienone is 1. The molecule has 2 aromatic rings. The number of likely N-dealkylation sites (tertiary alicyclic amines) is 1. The molecule has 0 spiro atoms. The molecule has 1 fully saturated rings. The standard InChI is InChI=1S/C25H33N5O/c1-17-22(18(2)29(3)28-17)16-30-14-12-20(13-15-30)19-8-10-21(11-9-19)25(31)27-24-7-5-4-6-23(24)26/h4-11,17,20,28H,12-16,26H2,1-3H3,(H,27,31). The molecule has 0 saturated carbocycles. The molecule has 2 aromatic carbocycles. The SMILES string of the molecule is CC1=C(CN2CCC(c3ccc(C(=O)Nc4ccccc4N)cc3)CC2)C(C)NN1C. The predicted octanol–water partition coefficient (Wildman–Crippen LogP) is 3.81. The maximum absolute atomic E-state index is 12.6. The number of nitrogens with zero attached hydrogens (tertiary/aromatic N) is 2. The van der Waals surface area contributed by atoms with Crippen LogP contribution in [0, 0.1) is 0 Å².